The van der Waals surface area contributed by atoms with Gasteiger partial charge in [0.15, 0.2) is 17.3 Å². The lowest BCUT2D eigenvalue weighted by Gasteiger charge is -2.10. The van der Waals surface area contributed by atoms with Crippen molar-refractivity contribution >= 4 is 11.7 Å². The van der Waals surface area contributed by atoms with Gasteiger partial charge in [0.1, 0.15) is 0 Å². The minimum absolute atomic E-state index is 0.142. The maximum atomic E-state index is 12.2. The molecular formula is C21H21N5O3. The molecule has 0 radical (unpaired) electrons. The molecule has 0 fully saturated rings. The lowest BCUT2D eigenvalue weighted by molar-refractivity contribution is -0.116. The van der Waals surface area contributed by atoms with E-state index in [-0.39, 0.29) is 12.3 Å². The molecule has 3 aromatic rings. The molecule has 0 spiro atoms. The number of hydrogen-bond acceptors (Lipinski definition) is 6. The smallest absolute Gasteiger partial charge is 0.225 e. The summed E-state index contributed by atoms with van der Waals surface area (Å²) in [6.07, 6.45) is 4.22. The van der Waals surface area contributed by atoms with Crippen molar-refractivity contribution in [1.82, 2.24) is 15.2 Å². The fraction of sp³-hybridized carbons (Fsp3) is 0.238. The summed E-state index contributed by atoms with van der Waals surface area (Å²) in [7, 11) is 1.52. The van der Waals surface area contributed by atoms with Crippen molar-refractivity contribution in [1.29, 1.82) is 5.26 Å². The van der Waals surface area contributed by atoms with Crippen LogP contribution in [-0.2, 0) is 4.79 Å². The lowest BCUT2D eigenvalue weighted by atomic mass is 10.1. The Morgan fingerprint density at radius 2 is 2.03 bits per heavy atom. The third-order valence-corrected chi connectivity index (χ3v) is 4.33. The second kappa shape index (κ2) is 9.37. The van der Waals surface area contributed by atoms with E-state index in [2.05, 4.69) is 26.6 Å². The van der Waals surface area contributed by atoms with Crippen molar-refractivity contribution in [3.8, 4) is 28.8 Å². The SMILES string of the molecule is COc1cc(C#N)ccc1OCCCC(=O)Nc1n[nH]c(-c2ccncc2)c1C. The van der Waals surface area contributed by atoms with Crippen LogP contribution in [0, 0.1) is 18.3 Å². The van der Waals surface area contributed by atoms with Crippen LogP contribution in [0.1, 0.15) is 24.0 Å². The predicted molar refractivity (Wildman–Crippen MR) is 108 cm³/mol. The van der Waals surface area contributed by atoms with E-state index >= 15 is 0 Å². The Morgan fingerprint density at radius 1 is 1.24 bits per heavy atom. The molecule has 0 aliphatic rings. The third kappa shape index (κ3) is 4.90. The molecule has 0 saturated carbocycles. The molecule has 8 heteroatoms. The molecule has 8 nitrogen and oxygen atoms in total. The number of nitrogens with zero attached hydrogens (tertiary/aromatic N) is 3. The summed E-state index contributed by atoms with van der Waals surface area (Å²) in [5, 5.41) is 18.9. The number of amides is 1. The van der Waals surface area contributed by atoms with E-state index in [1.807, 2.05) is 19.1 Å². The topological polar surface area (TPSA) is 113 Å². The largest absolute Gasteiger partial charge is 0.493 e. The molecule has 0 saturated heterocycles. The van der Waals surface area contributed by atoms with E-state index in [4.69, 9.17) is 14.7 Å². The number of benzene rings is 1. The summed E-state index contributed by atoms with van der Waals surface area (Å²) in [5.41, 5.74) is 3.16. The van der Waals surface area contributed by atoms with Crippen molar-refractivity contribution in [2.45, 2.75) is 19.8 Å². The zero-order chi connectivity index (χ0) is 20.6. The summed E-state index contributed by atoms with van der Waals surface area (Å²) in [4.78, 5) is 16.2. The van der Waals surface area contributed by atoms with Crippen molar-refractivity contribution in [2.75, 3.05) is 19.0 Å². The molecule has 2 aromatic heterocycles. The Bertz CT molecular complexity index is 1020. The van der Waals surface area contributed by atoms with Gasteiger partial charge in [0.05, 0.1) is 31.0 Å². The van der Waals surface area contributed by atoms with Gasteiger partial charge in [-0.25, -0.2) is 0 Å². The van der Waals surface area contributed by atoms with Gasteiger partial charge in [0.2, 0.25) is 5.91 Å². The van der Waals surface area contributed by atoms with E-state index in [9.17, 15) is 4.79 Å². The van der Waals surface area contributed by atoms with Gasteiger partial charge in [-0.1, -0.05) is 0 Å². The number of methoxy groups -OCH3 is 1. The van der Waals surface area contributed by atoms with E-state index in [1.54, 1.807) is 30.6 Å². The van der Waals surface area contributed by atoms with Crippen LogP contribution in [0.3, 0.4) is 0 Å². The number of anilines is 1. The van der Waals surface area contributed by atoms with Gasteiger partial charge in [-0.2, -0.15) is 10.4 Å². The van der Waals surface area contributed by atoms with Gasteiger partial charge in [-0.3, -0.25) is 14.9 Å². The monoisotopic (exact) mass is 391 g/mol. The molecule has 3 rings (SSSR count). The Morgan fingerprint density at radius 3 is 2.76 bits per heavy atom. The first-order valence-corrected chi connectivity index (χ1v) is 9.08. The molecular weight excluding hydrogens is 370 g/mol. The maximum Gasteiger partial charge on any atom is 0.225 e. The van der Waals surface area contributed by atoms with Crippen LogP contribution in [0.25, 0.3) is 11.3 Å². The van der Waals surface area contributed by atoms with Gasteiger partial charge >= 0.3 is 0 Å². The zero-order valence-electron chi connectivity index (χ0n) is 16.2. The highest BCUT2D eigenvalue weighted by Crippen LogP contribution is 2.28. The summed E-state index contributed by atoms with van der Waals surface area (Å²) in [6.45, 7) is 2.24. The Kier molecular flexibility index (Phi) is 6.43. The predicted octanol–water partition coefficient (Wildman–Crippen LogP) is 3.46. The fourth-order valence-corrected chi connectivity index (χ4v) is 2.79. The lowest BCUT2D eigenvalue weighted by Crippen LogP contribution is -2.13. The number of ether oxygens (including phenoxy) is 2. The minimum Gasteiger partial charge on any atom is -0.493 e. The average molecular weight is 391 g/mol. The van der Waals surface area contributed by atoms with Crippen LogP contribution in [0.15, 0.2) is 42.7 Å². The minimum atomic E-state index is -0.142. The van der Waals surface area contributed by atoms with Gasteiger partial charge in [-0.05, 0) is 37.6 Å². The number of aromatic amines is 1. The third-order valence-electron chi connectivity index (χ3n) is 4.33. The van der Waals surface area contributed by atoms with Gasteiger partial charge < -0.3 is 14.8 Å². The normalized spacial score (nSPS) is 10.2. The first-order valence-electron chi connectivity index (χ1n) is 9.08. The number of carbonyl (C=O) groups is 1. The molecule has 2 heterocycles. The van der Waals surface area contributed by atoms with E-state index in [0.29, 0.717) is 35.9 Å². The van der Waals surface area contributed by atoms with Crippen molar-refractivity contribution < 1.29 is 14.3 Å². The molecule has 0 aliphatic carbocycles. The van der Waals surface area contributed by atoms with E-state index in [0.717, 1.165) is 16.8 Å². The summed E-state index contributed by atoms with van der Waals surface area (Å²) in [5.74, 6) is 1.40. The summed E-state index contributed by atoms with van der Waals surface area (Å²) >= 11 is 0. The first-order chi connectivity index (χ1) is 14.1. The average Bonchev–Trinajstić information content (AvgIpc) is 3.11. The van der Waals surface area contributed by atoms with Crippen LogP contribution in [0.2, 0.25) is 0 Å². The molecule has 0 aliphatic heterocycles. The Balaban J connectivity index is 1.50. The Labute approximate surface area is 168 Å². The summed E-state index contributed by atoms with van der Waals surface area (Å²) < 4.78 is 10.9. The molecule has 29 heavy (non-hydrogen) atoms. The van der Waals surface area contributed by atoms with Crippen LogP contribution in [0.5, 0.6) is 11.5 Å². The molecule has 2 N–H and O–H groups in total. The quantitative estimate of drug-likeness (QED) is 0.569. The number of carbonyl (C=O) groups excluding carboxylic acids is 1. The molecule has 1 amide bonds. The molecule has 148 valence electrons. The highest BCUT2D eigenvalue weighted by molar-refractivity contribution is 5.91. The van der Waals surface area contributed by atoms with Crippen molar-refractivity contribution in [3.63, 3.8) is 0 Å². The van der Waals surface area contributed by atoms with Crippen LogP contribution in [0.4, 0.5) is 5.82 Å². The number of rotatable bonds is 8. The number of nitrogens with one attached hydrogen (secondary N) is 2. The van der Waals surface area contributed by atoms with Crippen molar-refractivity contribution in [2.24, 2.45) is 0 Å². The molecule has 0 unspecified atom stereocenters. The number of pyridine rings is 1. The number of nitriles is 1. The van der Waals surface area contributed by atoms with E-state index in [1.165, 1.54) is 7.11 Å². The van der Waals surface area contributed by atoms with Crippen LogP contribution in [-0.4, -0.2) is 34.8 Å². The van der Waals surface area contributed by atoms with Crippen LogP contribution >= 0.6 is 0 Å². The van der Waals surface area contributed by atoms with Crippen molar-refractivity contribution in [3.05, 3.63) is 53.9 Å². The second-order valence-electron chi connectivity index (χ2n) is 6.29. The zero-order valence-corrected chi connectivity index (χ0v) is 16.2. The second-order valence-corrected chi connectivity index (χ2v) is 6.29. The molecule has 1 aromatic carbocycles. The molecule has 0 atom stereocenters. The highest BCUT2D eigenvalue weighted by Gasteiger charge is 2.13. The number of H-pyrrole nitrogens is 1. The maximum absolute atomic E-state index is 12.2. The molecule has 0 bridgehead atoms. The van der Waals surface area contributed by atoms with Gasteiger partial charge in [0, 0.05) is 36.0 Å². The highest BCUT2D eigenvalue weighted by atomic mass is 16.5. The van der Waals surface area contributed by atoms with Crippen LogP contribution < -0.4 is 14.8 Å². The van der Waals surface area contributed by atoms with E-state index < -0.39 is 0 Å². The summed E-state index contributed by atoms with van der Waals surface area (Å²) in [6, 6.07) is 10.8. The van der Waals surface area contributed by atoms with Gasteiger partial charge in [0.25, 0.3) is 0 Å². The number of hydrogen-bond donors (Lipinski definition) is 2. The number of aromatic nitrogens is 3. The fourth-order valence-electron chi connectivity index (χ4n) is 2.79. The Hall–Kier alpha value is -3.86. The first kappa shape index (κ1) is 19.9. The standard InChI is InChI=1S/C21H21N5O3/c1-14-20(16-7-9-23-10-8-16)25-26-21(14)24-19(27)4-3-11-29-17-6-5-15(13-22)12-18(17)28-2/h5-10,12H,3-4,11H2,1-2H3,(H2,24,25,26,27). The van der Waals surface area contributed by atoms with Gasteiger partial charge in [-0.15, -0.1) is 0 Å².